The zero-order valence-electron chi connectivity index (χ0n) is 5.98. The van der Waals surface area contributed by atoms with Gasteiger partial charge in [-0.25, -0.2) is 0 Å². The van der Waals surface area contributed by atoms with Crippen LogP contribution in [0.4, 0.5) is 0 Å². The molecule has 0 aromatic heterocycles. The van der Waals surface area contributed by atoms with Gasteiger partial charge in [0.1, 0.15) is 0 Å². The van der Waals surface area contributed by atoms with Crippen LogP contribution < -0.4 is 0 Å². The molecule has 2 saturated carbocycles. The second kappa shape index (κ2) is 1.62. The summed E-state index contributed by atoms with van der Waals surface area (Å²) in [6.07, 6.45) is 4.03. The monoisotopic (exact) mass is 121 g/mol. The quantitative estimate of drug-likeness (QED) is 0.462. The van der Waals surface area contributed by atoms with E-state index in [-0.39, 0.29) is 0 Å². The van der Waals surface area contributed by atoms with Gasteiger partial charge in [-0.15, -0.1) is 0 Å². The molecule has 0 amide bonds. The van der Waals surface area contributed by atoms with Gasteiger partial charge >= 0.3 is 0 Å². The number of rotatable bonds is 0. The maximum absolute atomic E-state index is 4.03. The highest BCUT2D eigenvalue weighted by Crippen LogP contribution is 2.51. The zero-order valence-corrected chi connectivity index (χ0v) is 5.98. The van der Waals surface area contributed by atoms with Crippen molar-refractivity contribution < 1.29 is 0 Å². The third-order valence-corrected chi connectivity index (χ3v) is 2.89. The first-order valence-corrected chi connectivity index (χ1v) is 3.80. The summed E-state index contributed by atoms with van der Waals surface area (Å²) in [6, 6.07) is 0. The predicted octanol–water partition coefficient (Wildman–Crippen LogP) is 2.57. The van der Waals surface area contributed by atoms with Crippen LogP contribution in [-0.4, -0.2) is 0 Å². The summed E-state index contributed by atoms with van der Waals surface area (Å²) in [4.78, 5) is 0. The minimum absolute atomic E-state index is 0.963. The number of hydrogen-bond donors (Lipinski definition) is 0. The maximum Gasteiger partial charge on any atom is 0.000846 e. The third kappa shape index (κ3) is 0.654. The second-order valence-electron chi connectivity index (χ2n) is 3.56. The van der Waals surface area contributed by atoms with Crippen LogP contribution in [0, 0.1) is 17.8 Å². The van der Waals surface area contributed by atoms with E-state index in [2.05, 4.69) is 13.5 Å². The van der Waals surface area contributed by atoms with E-state index in [1.165, 1.54) is 24.8 Å². The first-order valence-electron chi connectivity index (χ1n) is 3.80. The van der Waals surface area contributed by atoms with Gasteiger partial charge in [0, 0.05) is 5.92 Å². The van der Waals surface area contributed by atoms with Gasteiger partial charge in [0.2, 0.25) is 0 Å². The Morgan fingerprint density at radius 2 is 2.11 bits per heavy atom. The van der Waals surface area contributed by atoms with Gasteiger partial charge in [-0.1, -0.05) is 19.1 Å². The molecule has 2 bridgehead atoms. The molecule has 0 nitrogen and oxygen atoms in total. The summed E-state index contributed by atoms with van der Waals surface area (Å²) in [6.45, 7) is 6.40. The van der Waals surface area contributed by atoms with Crippen molar-refractivity contribution in [2.24, 2.45) is 11.8 Å². The van der Waals surface area contributed by atoms with Crippen LogP contribution in [0.1, 0.15) is 26.2 Å². The average molecular weight is 121 g/mol. The van der Waals surface area contributed by atoms with E-state index in [4.69, 9.17) is 0 Å². The average Bonchev–Trinajstić information content (AvgIpc) is 2.24. The van der Waals surface area contributed by atoms with Gasteiger partial charge in [0.15, 0.2) is 0 Å². The Morgan fingerprint density at radius 1 is 1.33 bits per heavy atom. The minimum atomic E-state index is 0.963. The molecule has 0 aromatic rings. The Kier molecular flexibility index (Phi) is 0.992. The normalized spacial score (nSPS) is 42.6. The lowest BCUT2D eigenvalue weighted by molar-refractivity contribution is 0.416. The fourth-order valence-corrected chi connectivity index (χ4v) is 2.18. The molecular weight excluding hydrogens is 108 g/mol. The van der Waals surface area contributed by atoms with Crippen LogP contribution >= 0.6 is 0 Å². The van der Waals surface area contributed by atoms with Crippen molar-refractivity contribution >= 4 is 0 Å². The van der Waals surface area contributed by atoms with Crippen LogP contribution in [-0.2, 0) is 0 Å². The molecule has 2 atom stereocenters. The van der Waals surface area contributed by atoms with E-state index in [0.717, 1.165) is 11.8 Å². The molecule has 0 saturated heterocycles. The Hall–Kier alpha value is -0.260. The lowest BCUT2D eigenvalue weighted by Crippen LogP contribution is -2.06. The van der Waals surface area contributed by atoms with Crippen LogP contribution in [0.3, 0.4) is 0 Å². The SMILES string of the molecule is C=C1CC2C[C]1CC2C. The van der Waals surface area contributed by atoms with Gasteiger partial charge in [-0.05, 0) is 31.1 Å². The summed E-state index contributed by atoms with van der Waals surface area (Å²) >= 11 is 0. The van der Waals surface area contributed by atoms with Crippen LogP contribution in [0.15, 0.2) is 12.2 Å². The first-order chi connectivity index (χ1) is 4.27. The molecule has 0 aromatic carbocycles. The topological polar surface area (TPSA) is 0 Å². The van der Waals surface area contributed by atoms with Crippen molar-refractivity contribution in [1.82, 2.24) is 0 Å². The van der Waals surface area contributed by atoms with Crippen molar-refractivity contribution in [3.05, 3.63) is 18.1 Å². The van der Waals surface area contributed by atoms with Gasteiger partial charge in [-0.3, -0.25) is 0 Å². The standard InChI is InChI=1S/C9H13/c1-6-3-9-5-8(6)4-7(9)2/h7,9H,1,3-5H2,2H3. The van der Waals surface area contributed by atoms with Crippen molar-refractivity contribution in [2.45, 2.75) is 26.2 Å². The Bertz CT molecular complexity index is 144. The highest BCUT2D eigenvalue weighted by Gasteiger charge is 2.39. The molecule has 2 rings (SSSR count). The fraction of sp³-hybridized carbons (Fsp3) is 0.667. The highest BCUT2D eigenvalue weighted by atomic mass is 14.4. The molecule has 2 unspecified atom stereocenters. The van der Waals surface area contributed by atoms with E-state index in [0.29, 0.717) is 0 Å². The van der Waals surface area contributed by atoms with Gasteiger partial charge < -0.3 is 0 Å². The van der Waals surface area contributed by atoms with Gasteiger partial charge in [0.05, 0.1) is 0 Å². The van der Waals surface area contributed by atoms with E-state index < -0.39 is 0 Å². The smallest absolute Gasteiger partial charge is 0.000846 e. The van der Waals surface area contributed by atoms with Crippen molar-refractivity contribution in [2.75, 3.05) is 0 Å². The number of hydrogen-bond acceptors (Lipinski definition) is 0. The molecule has 0 heterocycles. The molecule has 49 valence electrons. The molecule has 2 fully saturated rings. The molecule has 0 aliphatic heterocycles. The first kappa shape index (κ1) is 5.52. The van der Waals surface area contributed by atoms with Crippen LogP contribution in [0.25, 0.3) is 0 Å². The summed E-state index contributed by atoms with van der Waals surface area (Å²) in [5.41, 5.74) is 1.46. The lowest BCUT2D eigenvalue weighted by Gasteiger charge is -2.17. The van der Waals surface area contributed by atoms with Crippen molar-refractivity contribution in [1.29, 1.82) is 0 Å². The Balaban J connectivity index is 2.19. The maximum atomic E-state index is 4.03. The Morgan fingerprint density at radius 3 is 2.44 bits per heavy atom. The van der Waals surface area contributed by atoms with Gasteiger partial charge in [0.25, 0.3) is 0 Å². The fourth-order valence-electron chi connectivity index (χ4n) is 2.18. The molecule has 2 aliphatic rings. The number of allylic oxidation sites excluding steroid dienone is 1. The van der Waals surface area contributed by atoms with Crippen molar-refractivity contribution in [3.8, 4) is 0 Å². The summed E-state index contributed by atoms with van der Waals surface area (Å²) in [5.74, 6) is 3.62. The molecule has 2 aliphatic carbocycles. The molecule has 9 heavy (non-hydrogen) atoms. The summed E-state index contributed by atoms with van der Waals surface area (Å²) < 4.78 is 0. The third-order valence-electron chi connectivity index (χ3n) is 2.89. The lowest BCUT2D eigenvalue weighted by atomic mass is 9.88. The van der Waals surface area contributed by atoms with E-state index >= 15 is 0 Å². The second-order valence-corrected chi connectivity index (χ2v) is 3.56. The zero-order chi connectivity index (χ0) is 6.43. The Labute approximate surface area is 57.0 Å². The molecule has 0 spiro atoms. The summed E-state index contributed by atoms with van der Waals surface area (Å²) in [7, 11) is 0. The molecule has 0 N–H and O–H groups in total. The van der Waals surface area contributed by atoms with Gasteiger partial charge in [-0.2, -0.15) is 0 Å². The van der Waals surface area contributed by atoms with Crippen LogP contribution in [0.5, 0.6) is 0 Å². The van der Waals surface area contributed by atoms with E-state index in [1.54, 1.807) is 5.92 Å². The summed E-state index contributed by atoms with van der Waals surface area (Å²) in [5, 5.41) is 0. The molecular formula is C9H13. The predicted molar refractivity (Wildman–Crippen MR) is 38.9 cm³/mol. The van der Waals surface area contributed by atoms with E-state index in [1.807, 2.05) is 0 Å². The largest absolute Gasteiger partial charge is 0.0993 e. The minimum Gasteiger partial charge on any atom is -0.0993 e. The molecule has 0 heteroatoms. The molecule has 1 radical (unpaired) electrons. The van der Waals surface area contributed by atoms with Crippen LogP contribution in [0.2, 0.25) is 0 Å². The highest BCUT2D eigenvalue weighted by molar-refractivity contribution is 5.31. The van der Waals surface area contributed by atoms with Crippen molar-refractivity contribution in [3.63, 3.8) is 0 Å². The van der Waals surface area contributed by atoms with E-state index in [9.17, 15) is 0 Å². The number of fused-ring (bicyclic) bond motifs is 2.